The van der Waals surface area contributed by atoms with Crippen LogP contribution < -0.4 is 15.4 Å². The number of aromatic amines is 1. The minimum atomic E-state index is -0.208. The van der Waals surface area contributed by atoms with E-state index >= 15 is 0 Å². The van der Waals surface area contributed by atoms with Crippen LogP contribution in [0.25, 0.3) is 10.9 Å². The number of nitrogens with one attached hydrogen (secondary N) is 3. The number of aliphatic hydroxyl groups excluding tert-OH is 1. The number of methoxy groups -OCH3 is 1. The van der Waals surface area contributed by atoms with Crippen molar-refractivity contribution in [1.82, 2.24) is 15.6 Å². The first-order valence-corrected chi connectivity index (χ1v) is 9.00. The highest BCUT2D eigenvalue weighted by Crippen LogP contribution is 2.28. The van der Waals surface area contributed by atoms with Gasteiger partial charge in [-0.1, -0.05) is 12.5 Å². The molecule has 2 atom stereocenters. The first kappa shape index (κ1) is 17.6. The van der Waals surface area contributed by atoms with Crippen molar-refractivity contribution in [2.45, 2.75) is 38.2 Å². The summed E-state index contributed by atoms with van der Waals surface area (Å²) in [5, 5.41) is 16.6. The van der Waals surface area contributed by atoms with Crippen LogP contribution in [0, 0.1) is 5.92 Å². The predicted molar refractivity (Wildman–Crippen MR) is 97.9 cm³/mol. The molecule has 0 spiro atoms. The van der Waals surface area contributed by atoms with Gasteiger partial charge in [-0.25, -0.2) is 4.79 Å². The maximum Gasteiger partial charge on any atom is 0.314 e. The van der Waals surface area contributed by atoms with Gasteiger partial charge in [0, 0.05) is 30.2 Å². The molecule has 136 valence electrons. The molecule has 1 heterocycles. The highest BCUT2D eigenvalue weighted by atomic mass is 16.5. The van der Waals surface area contributed by atoms with Crippen molar-refractivity contribution in [2.24, 2.45) is 5.92 Å². The molecule has 1 saturated carbocycles. The van der Waals surface area contributed by atoms with Gasteiger partial charge in [-0.05, 0) is 49.3 Å². The number of urea groups is 1. The van der Waals surface area contributed by atoms with E-state index in [4.69, 9.17) is 4.74 Å². The fraction of sp³-hybridized carbons (Fsp3) is 0.526. The summed E-state index contributed by atoms with van der Waals surface area (Å²) in [4.78, 5) is 15.2. The van der Waals surface area contributed by atoms with Gasteiger partial charge < -0.3 is 25.5 Å². The highest BCUT2D eigenvalue weighted by Gasteiger charge is 2.20. The van der Waals surface area contributed by atoms with Gasteiger partial charge in [-0.15, -0.1) is 0 Å². The van der Waals surface area contributed by atoms with E-state index in [1.807, 2.05) is 24.4 Å². The molecule has 1 aliphatic rings. The Morgan fingerprint density at radius 3 is 3.04 bits per heavy atom. The molecule has 1 fully saturated rings. The summed E-state index contributed by atoms with van der Waals surface area (Å²) >= 11 is 0. The fourth-order valence-corrected chi connectivity index (χ4v) is 3.65. The molecule has 2 aromatic rings. The van der Waals surface area contributed by atoms with Gasteiger partial charge in [0.25, 0.3) is 0 Å². The van der Waals surface area contributed by atoms with Crippen LogP contribution >= 0.6 is 0 Å². The van der Waals surface area contributed by atoms with E-state index in [1.165, 1.54) is 0 Å². The molecule has 1 aliphatic carbocycles. The Morgan fingerprint density at radius 2 is 2.24 bits per heavy atom. The molecule has 4 N–H and O–H groups in total. The van der Waals surface area contributed by atoms with Crippen LogP contribution in [0.15, 0.2) is 24.4 Å². The molecule has 0 saturated heterocycles. The third kappa shape index (κ3) is 4.45. The fourth-order valence-electron chi connectivity index (χ4n) is 3.65. The number of benzene rings is 1. The molecule has 2 unspecified atom stereocenters. The summed E-state index contributed by atoms with van der Waals surface area (Å²) in [6, 6.07) is 5.76. The van der Waals surface area contributed by atoms with E-state index in [2.05, 4.69) is 15.6 Å². The Labute approximate surface area is 147 Å². The third-order valence-electron chi connectivity index (χ3n) is 4.96. The standard InChI is InChI=1S/C19H27N3O3/c1-25-17-7-3-6-16-18(17)14(12-21-16)8-9-20-19(24)22-11-13-4-2-5-15(23)10-13/h3,6-7,12-13,15,21,23H,2,4-5,8-11H2,1H3,(H2,20,22,24). The zero-order chi connectivity index (χ0) is 17.6. The predicted octanol–water partition coefficient (Wildman–Crippen LogP) is 2.57. The monoisotopic (exact) mass is 345 g/mol. The first-order valence-electron chi connectivity index (χ1n) is 9.00. The molecule has 3 rings (SSSR count). The normalized spacial score (nSPS) is 20.4. The van der Waals surface area contributed by atoms with Gasteiger partial charge in [0.2, 0.25) is 0 Å². The molecular weight excluding hydrogens is 318 g/mol. The van der Waals surface area contributed by atoms with Crippen LogP contribution in [0.1, 0.15) is 31.2 Å². The first-order chi connectivity index (χ1) is 12.2. The molecule has 25 heavy (non-hydrogen) atoms. The van der Waals surface area contributed by atoms with Crippen LogP contribution in [-0.2, 0) is 6.42 Å². The minimum absolute atomic E-state index is 0.146. The second kappa shape index (κ2) is 8.25. The molecule has 2 amide bonds. The molecule has 6 nitrogen and oxygen atoms in total. The zero-order valence-electron chi connectivity index (χ0n) is 14.7. The zero-order valence-corrected chi connectivity index (χ0v) is 14.7. The molecule has 0 bridgehead atoms. The Balaban J connectivity index is 1.46. The lowest BCUT2D eigenvalue weighted by molar-refractivity contribution is 0.101. The number of rotatable bonds is 6. The van der Waals surface area contributed by atoms with Crippen LogP contribution in [0.2, 0.25) is 0 Å². The lowest BCUT2D eigenvalue weighted by atomic mass is 9.87. The summed E-state index contributed by atoms with van der Waals surface area (Å²) in [6.45, 7) is 1.19. The highest BCUT2D eigenvalue weighted by molar-refractivity contribution is 5.89. The van der Waals surface area contributed by atoms with Crippen LogP contribution in [0.4, 0.5) is 4.79 Å². The number of aliphatic hydroxyl groups is 1. The number of aromatic nitrogens is 1. The number of fused-ring (bicyclic) bond motifs is 1. The quantitative estimate of drug-likeness (QED) is 0.649. The van der Waals surface area contributed by atoms with E-state index in [0.717, 1.165) is 54.3 Å². The van der Waals surface area contributed by atoms with E-state index in [0.29, 0.717) is 19.0 Å². The molecule has 0 aliphatic heterocycles. The van der Waals surface area contributed by atoms with Crippen molar-refractivity contribution in [3.05, 3.63) is 30.0 Å². The van der Waals surface area contributed by atoms with Crippen LogP contribution in [0.5, 0.6) is 5.75 Å². The molecule has 0 radical (unpaired) electrons. The van der Waals surface area contributed by atoms with Crippen molar-refractivity contribution in [3.63, 3.8) is 0 Å². The number of hydrogen-bond donors (Lipinski definition) is 4. The van der Waals surface area contributed by atoms with Crippen molar-refractivity contribution < 1.29 is 14.6 Å². The number of ether oxygens (including phenoxy) is 1. The Kier molecular flexibility index (Phi) is 5.81. The van der Waals surface area contributed by atoms with Gasteiger partial charge in [0.15, 0.2) is 0 Å². The second-order valence-electron chi connectivity index (χ2n) is 6.77. The van der Waals surface area contributed by atoms with E-state index in [-0.39, 0.29) is 12.1 Å². The largest absolute Gasteiger partial charge is 0.496 e. The van der Waals surface area contributed by atoms with Crippen LogP contribution in [-0.4, -0.2) is 42.4 Å². The lowest BCUT2D eigenvalue weighted by Gasteiger charge is -2.25. The maximum atomic E-state index is 12.0. The third-order valence-corrected chi connectivity index (χ3v) is 4.96. The van der Waals surface area contributed by atoms with Gasteiger partial charge in [0.05, 0.1) is 13.2 Å². The number of amides is 2. The van der Waals surface area contributed by atoms with Gasteiger partial charge in [0.1, 0.15) is 5.75 Å². The van der Waals surface area contributed by atoms with Gasteiger partial charge in [-0.3, -0.25) is 0 Å². The van der Waals surface area contributed by atoms with E-state index in [9.17, 15) is 9.90 Å². The van der Waals surface area contributed by atoms with E-state index < -0.39 is 0 Å². The topological polar surface area (TPSA) is 86.4 Å². The summed E-state index contributed by atoms with van der Waals surface area (Å²) in [5.41, 5.74) is 2.16. The van der Waals surface area contributed by atoms with E-state index in [1.54, 1.807) is 7.11 Å². The number of carbonyl (C=O) groups is 1. The number of carbonyl (C=O) groups excluding carboxylic acids is 1. The summed E-state index contributed by atoms with van der Waals surface area (Å²) in [6.07, 6.45) is 6.28. The van der Waals surface area contributed by atoms with Crippen molar-refractivity contribution in [2.75, 3.05) is 20.2 Å². The van der Waals surface area contributed by atoms with Gasteiger partial charge >= 0.3 is 6.03 Å². The molecule has 1 aromatic heterocycles. The summed E-state index contributed by atoms with van der Waals surface area (Å²) in [5.74, 6) is 1.22. The summed E-state index contributed by atoms with van der Waals surface area (Å²) in [7, 11) is 1.67. The number of H-pyrrole nitrogens is 1. The Bertz CT molecular complexity index is 713. The Hall–Kier alpha value is -2.21. The smallest absolute Gasteiger partial charge is 0.314 e. The Morgan fingerprint density at radius 1 is 1.36 bits per heavy atom. The SMILES string of the molecule is COc1cccc2[nH]cc(CCNC(=O)NCC3CCCC(O)C3)c12. The summed E-state index contributed by atoms with van der Waals surface area (Å²) < 4.78 is 5.43. The lowest BCUT2D eigenvalue weighted by Crippen LogP contribution is -2.40. The minimum Gasteiger partial charge on any atom is -0.496 e. The second-order valence-corrected chi connectivity index (χ2v) is 6.77. The van der Waals surface area contributed by atoms with Gasteiger partial charge in [-0.2, -0.15) is 0 Å². The van der Waals surface area contributed by atoms with Crippen molar-refractivity contribution in [1.29, 1.82) is 0 Å². The average molecular weight is 345 g/mol. The van der Waals surface area contributed by atoms with Crippen molar-refractivity contribution in [3.8, 4) is 5.75 Å². The molecule has 1 aromatic carbocycles. The maximum absolute atomic E-state index is 12.0. The molecule has 6 heteroatoms. The van der Waals surface area contributed by atoms with Crippen molar-refractivity contribution >= 4 is 16.9 Å². The average Bonchev–Trinajstić information content (AvgIpc) is 3.03. The number of hydrogen-bond acceptors (Lipinski definition) is 3. The molecular formula is C19H27N3O3. The van der Waals surface area contributed by atoms with Crippen LogP contribution in [0.3, 0.4) is 0 Å².